The lowest BCUT2D eigenvalue weighted by Gasteiger charge is -2.37. The average Bonchev–Trinajstić information content (AvgIpc) is 3.53. The number of fused-ring (bicyclic) bond motifs is 8. The van der Waals surface area contributed by atoms with Crippen molar-refractivity contribution in [2.24, 2.45) is 0 Å². The van der Waals surface area contributed by atoms with Gasteiger partial charge in [0.1, 0.15) is 17.2 Å². The van der Waals surface area contributed by atoms with Gasteiger partial charge in [-0.25, -0.2) is 0 Å². The van der Waals surface area contributed by atoms with Crippen molar-refractivity contribution in [2.45, 2.75) is 71.8 Å². The van der Waals surface area contributed by atoms with Gasteiger partial charge < -0.3 is 18.8 Å². The minimum Gasteiger partial charge on any atom is -0.497 e. The Balaban J connectivity index is 0.00000214. The van der Waals surface area contributed by atoms with Crippen LogP contribution in [0.3, 0.4) is 0 Å². The van der Waals surface area contributed by atoms with Crippen LogP contribution in [-0.4, -0.2) is 18.8 Å². The average molecular weight is 702 g/mol. The molecule has 0 bridgehead atoms. The molecule has 6 aromatic carbocycles. The van der Waals surface area contributed by atoms with Crippen LogP contribution >= 0.6 is 0 Å². The molecule has 1 aliphatic rings. The zero-order valence-electron chi connectivity index (χ0n) is 32.8. The predicted octanol–water partition coefficient (Wildman–Crippen LogP) is 12.9. The normalized spacial score (nSPS) is 13.7. The summed E-state index contributed by atoms with van der Waals surface area (Å²) >= 11 is 0. The molecule has 1 aromatic heterocycles. The molecule has 0 saturated carbocycles. The van der Waals surface area contributed by atoms with Crippen LogP contribution in [0.5, 0.6) is 17.2 Å². The molecule has 0 fully saturated rings. The lowest BCUT2D eigenvalue weighted by Crippen LogP contribution is -2.34. The zero-order valence-corrected chi connectivity index (χ0v) is 32.8. The minimum absolute atomic E-state index is 0.0275. The molecule has 8 rings (SSSR count). The number of hydrogen-bond acceptors (Lipinski definition) is 3. The molecule has 0 amide bonds. The van der Waals surface area contributed by atoms with Gasteiger partial charge in [0.15, 0.2) is 5.60 Å². The molecule has 0 N–H and O–H groups in total. The van der Waals surface area contributed by atoms with Gasteiger partial charge in [0.05, 0.1) is 25.3 Å². The van der Waals surface area contributed by atoms with Gasteiger partial charge in [-0.1, -0.05) is 128 Å². The Kier molecular flexibility index (Phi) is 9.14. The molecule has 7 aromatic rings. The van der Waals surface area contributed by atoms with Gasteiger partial charge in [-0.15, -0.1) is 0 Å². The highest BCUT2D eigenvalue weighted by Gasteiger charge is 2.39. The number of aromatic nitrogens is 1. The fourth-order valence-corrected chi connectivity index (χ4v) is 7.61. The third kappa shape index (κ3) is 6.04. The molecule has 0 unspecified atom stereocenters. The third-order valence-electron chi connectivity index (χ3n) is 10.5. The Bertz CT molecular complexity index is 2390. The van der Waals surface area contributed by atoms with Crippen LogP contribution in [0.15, 0.2) is 121 Å². The predicted molar refractivity (Wildman–Crippen MR) is 223 cm³/mol. The summed E-state index contributed by atoms with van der Waals surface area (Å²) in [6.45, 7) is 17.8. The molecule has 270 valence electrons. The summed E-state index contributed by atoms with van der Waals surface area (Å²) in [5, 5.41) is 4.70. The van der Waals surface area contributed by atoms with E-state index in [2.05, 4.69) is 149 Å². The molecule has 1 aliphatic heterocycles. The number of hydrogen-bond donors (Lipinski definition) is 0. The molecule has 4 heteroatoms. The first-order chi connectivity index (χ1) is 25.4. The van der Waals surface area contributed by atoms with Crippen molar-refractivity contribution in [1.29, 1.82) is 0 Å². The first kappa shape index (κ1) is 35.9. The lowest BCUT2D eigenvalue weighted by molar-refractivity contribution is 0.163. The maximum absolute atomic E-state index is 7.52. The van der Waals surface area contributed by atoms with Crippen molar-refractivity contribution in [3.63, 3.8) is 0 Å². The molecular weight excluding hydrogens is 651 g/mol. The Morgan fingerprint density at radius 1 is 0.585 bits per heavy atom. The van der Waals surface area contributed by atoms with E-state index in [-0.39, 0.29) is 10.8 Å². The number of benzene rings is 6. The van der Waals surface area contributed by atoms with Crippen molar-refractivity contribution in [3.05, 3.63) is 149 Å². The summed E-state index contributed by atoms with van der Waals surface area (Å²) in [7, 11) is 3.39. The van der Waals surface area contributed by atoms with Crippen LogP contribution in [0.1, 0.15) is 83.2 Å². The molecule has 0 aliphatic carbocycles. The van der Waals surface area contributed by atoms with Crippen molar-refractivity contribution in [3.8, 4) is 22.9 Å². The van der Waals surface area contributed by atoms with Crippen molar-refractivity contribution in [2.75, 3.05) is 14.2 Å². The highest BCUT2D eigenvalue weighted by atomic mass is 16.5. The van der Waals surface area contributed by atoms with Gasteiger partial charge in [0.25, 0.3) is 0 Å². The molecule has 2 heterocycles. The standard InChI is InChI=1S/C47H45NO3.C2H6/c1-45(2,3)32-27-33(46(4,5)6)29-34(28-32)48-41-16-12-11-15-39(41)42-37-13-9-10-14-38(37)44-40(43(42)48)25-26-47(51-44,30-17-21-35(49-7)22-18-30)31-19-23-36(50-8)24-20-31;1-2/h9-29H,1-8H3;1-2H3. The Labute approximate surface area is 314 Å². The second-order valence-electron chi connectivity index (χ2n) is 15.8. The van der Waals surface area contributed by atoms with Gasteiger partial charge in [-0.2, -0.15) is 0 Å². The second kappa shape index (κ2) is 13.5. The number of methoxy groups -OCH3 is 2. The molecule has 0 spiro atoms. The first-order valence-corrected chi connectivity index (χ1v) is 18.7. The molecule has 0 radical (unpaired) electrons. The summed E-state index contributed by atoms with van der Waals surface area (Å²) < 4.78 is 21.1. The van der Waals surface area contributed by atoms with Crippen LogP contribution in [0.25, 0.3) is 44.3 Å². The summed E-state index contributed by atoms with van der Waals surface area (Å²) in [6, 6.07) is 41.1. The molecule has 0 saturated heterocycles. The van der Waals surface area contributed by atoms with Gasteiger partial charge in [-0.05, 0) is 82.0 Å². The van der Waals surface area contributed by atoms with Gasteiger partial charge in [0.2, 0.25) is 0 Å². The first-order valence-electron chi connectivity index (χ1n) is 18.7. The molecule has 4 nitrogen and oxygen atoms in total. The van der Waals surface area contributed by atoms with Crippen LogP contribution in [-0.2, 0) is 16.4 Å². The van der Waals surface area contributed by atoms with Crippen molar-refractivity contribution < 1.29 is 14.2 Å². The quantitative estimate of drug-likeness (QED) is 0.179. The van der Waals surface area contributed by atoms with Crippen molar-refractivity contribution >= 4 is 38.7 Å². The number of nitrogens with zero attached hydrogens (tertiary/aromatic N) is 1. The van der Waals surface area contributed by atoms with Gasteiger partial charge in [0, 0.05) is 38.5 Å². The smallest absolute Gasteiger partial charge is 0.178 e. The summed E-state index contributed by atoms with van der Waals surface area (Å²) in [5.74, 6) is 2.46. The van der Waals surface area contributed by atoms with Crippen LogP contribution in [0.4, 0.5) is 0 Å². The van der Waals surface area contributed by atoms with Crippen LogP contribution in [0, 0.1) is 0 Å². The van der Waals surface area contributed by atoms with E-state index >= 15 is 0 Å². The highest BCUT2D eigenvalue weighted by molar-refractivity contribution is 6.25. The van der Waals surface area contributed by atoms with Crippen LogP contribution in [0.2, 0.25) is 0 Å². The molecular formula is C49H51NO3. The summed E-state index contributed by atoms with van der Waals surface area (Å²) in [5.41, 5.74) is 8.23. The summed E-state index contributed by atoms with van der Waals surface area (Å²) in [4.78, 5) is 0. The monoisotopic (exact) mass is 701 g/mol. The third-order valence-corrected chi connectivity index (χ3v) is 10.5. The maximum Gasteiger partial charge on any atom is 0.178 e. The molecule has 0 atom stereocenters. The van der Waals surface area contributed by atoms with E-state index in [4.69, 9.17) is 14.2 Å². The maximum atomic E-state index is 7.52. The van der Waals surface area contributed by atoms with E-state index in [1.807, 2.05) is 38.1 Å². The summed E-state index contributed by atoms with van der Waals surface area (Å²) in [6.07, 6.45) is 4.51. The van der Waals surface area contributed by atoms with Gasteiger partial charge >= 0.3 is 0 Å². The minimum atomic E-state index is -0.898. The lowest BCUT2D eigenvalue weighted by atomic mass is 9.80. The van der Waals surface area contributed by atoms with E-state index in [1.165, 1.54) is 27.4 Å². The topological polar surface area (TPSA) is 32.6 Å². The Morgan fingerprint density at radius 2 is 1.08 bits per heavy atom. The number of rotatable bonds is 5. The van der Waals surface area contributed by atoms with E-state index < -0.39 is 5.60 Å². The Morgan fingerprint density at radius 3 is 1.58 bits per heavy atom. The fourth-order valence-electron chi connectivity index (χ4n) is 7.61. The van der Waals surface area contributed by atoms with E-state index in [0.717, 1.165) is 55.9 Å². The molecule has 53 heavy (non-hydrogen) atoms. The van der Waals surface area contributed by atoms with Crippen LogP contribution < -0.4 is 14.2 Å². The van der Waals surface area contributed by atoms with E-state index in [9.17, 15) is 0 Å². The highest BCUT2D eigenvalue weighted by Crippen LogP contribution is 2.51. The van der Waals surface area contributed by atoms with E-state index in [1.54, 1.807) is 14.2 Å². The Hall–Kier alpha value is -5.48. The second-order valence-corrected chi connectivity index (χ2v) is 15.8. The van der Waals surface area contributed by atoms with E-state index in [0.29, 0.717) is 0 Å². The SMILES string of the molecule is CC.COc1ccc(C2(c3ccc(OC)cc3)C=Cc3c(c4ccccc4c4c5ccccc5n(-c5cc(C(C)(C)C)cc(C(C)(C)C)c5)c34)O2)cc1. The fraction of sp³-hybridized carbons (Fsp3) is 0.265. The number of para-hydroxylation sites is 1. The van der Waals surface area contributed by atoms with Crippen molar-refractivity contribution in [1.82, 2.24) is 4.57 Å². The zero-order chi connectivity index (χ0) is 37.7. The van der Waals surface area contributed by atoms with Gasteiger partial charge in [-0.3, -0.25) is 0 Å². The largest absolute Gasteiger partial charge is 0.497 e. The number of ether oxygens (including phenoxy) is 3.